The van der Waals surface area contributed by atoms with Crippen LogP contribution in [-0.2, 0) is 13.0 Å². The van der Waals surface area contributed by atoms with Crippen LogP contribution in [0.4, 0.5) is 5.69 Å². The van der Waals surface area contributed by atoms with E-state index in [4.69, 9.17) is 0 Å². The molecule has 0 radical (unpaired) electrons. The van der Waals surface area contributed by atoms with Gasteiger partial charge in [0.05, 0.1) is 6.54 Å². The van der Waals surface area contributed by atoms with Gasteiger partial charge in [0.2, 0.25) is 0 Å². The van der Waals surface area contributed by atoms with Gasteiger partial charge in [-0.2, -0.15) is 5.10 Å². The van der Waals surface area contributed by atoms with Crippen molar-refractivity contribution in [3.8, 4) is 0 Å². The number of amides is 1. The second-order valence-corrected chi connectivity index (χ2v) is 4.89. The molecule has 1 amide bonds. The smallest absolute Gasteiger partial charge is 0.251 e. The highest BCUT2D eigenvalue weighted by atomic mass is 35.5. The predicted molar refractivity (Wildman–Crippen MR) is 85.1 cm³/mol. The largest absolute Gasteiger partial charge is 0.385 e. The number of halogens is 1. The van der Waals surface area contributed by atoms with Crippen LogP contribution >= 0.6 is 12.4 Å². The number of hydrogen-bond acceptors (Lipinski definition) is 3. The summed E-state index contributed by atoms with van der Waals surface area (Å²) in [4.78, 5) is 12.3. The van der Waals surface area contributed by atoms with Crippen LogP contribution < -0.4 is 10.6 Å². The van der Waals surface area contributed by atoms with Crippen molar-refractivity contribution in [3.63, 3.8) is 0 Å². The van der Waals surface area contributed by atoms with Crippen LogP contribution in [0.25, 0.3) is 0 Å². The Balaban J connectivity index is 0.00000161. The molecule has 2 N–H and O–H groups in total. The van der Waals surface area contributed by atoms with Gasteiger partial charge >= 0.3 is 0 Å². The van der Waals surface area contributed by atoms with Crippen LogP contribution in [0, 0.1) is 0 Å². The van der Waals surface area contributed by atoms with Gasteiger partial charge in [-0.25, -0.2) is 0 Å². The van der Waals surface area contributed by atoms with Gasteiger partial charge in [0.15, 0.2) is 0 Å². The molecule has 1 aromatic carbocycles. The van der Waals surface area contributed by atoms with Gasteiger partial charge in [-0.15, -0.1) is 12.4 Å². The van der Waals surface area contributed by atoms with Gasteiger partial charge in [-0.1, -0.05) is 6.07 Å². The van der Waals surface area contributed by atoms with E-state index in [9.17, 15) is 4.79 Å². The van der Waals surface area contributed by atoms with E-state index in [2.05, 4.69) is 15.7 Å². The SMILES string of the molecule is Cl.O=C(NCCn1cccn1)c1cccc2c1CCCN2. The van der Waals surface area contributed by atoms with Crippen LogP contribution in [-0.4, -0.2) is 28.8 Å². The van der Waals surface area contributed by atoms with E-state index in [0.717, 1.165) is 36.2 Å². The molecule has 0 saturated heterocycles. The van der Waals surface area contributed by atoms with Crippen LogP contribution in [0.2, 0.25) is 0 Å². The Hall–Kier alpha value is -2.01. The van der Waals surface area contributed by atoms with Gasteiger partial charge < -0.3 is 10.6 Å². The minimum Gasteiger partial charge on any atom is -0.385 e. The Labute approximate surface area is 130 Å². The van der Waals surface area contributed by atoms with Crippen molar-refractivity contribution in [1.82, 2.24) is 15.1 Å². The van der Waals surface area contributed by atoms with Crippen molar-refractivity contribution in [2.45, 2.75) is 19.4 Å². The molecule has 112 valence electrons. The van der Waals surface area contributed by atoms with Crippen molar-refractivity contribution < 1.29 is 4.79 Å². The first kappa shape index (κ1) is 15.4. The molecule has 1 aliphatic rings. The van der Waals surface area contributed by atoms with E-state index in [1.165, 1.54) is 0 Å². The number of aromatic nitrogens is 2. The lowest BCUT2D eigenvalue weighted by Crippen LogP contribution is -2.29. The summed E-state index contributed by atoms with van der Waals surface area (Å²) in [5.74, 6) is -0.00212. The first-order chi connectivity index (χ1) is 9.84. The molecule has 0 fully saturated rings. The van der Waals surface area contributed by atoms with Gasteiger partial charge in [0.1, 0.15) is 0 Å². The molecule has 3 rings (SSSR count). The minimum atomic E-state index is -0.00212. The maximum absolute atomic E-state index is 12.3. The third-order valence-electron chi connectivity index (χ3n) is 3.53. The topological polar surface area (TPSA) is 59.0 Å². The fraction of sp³-hybridized carbons (Fsp3) is 0.333. The van der Waals surface area contributed by atoms with E-state index < -0.39 is 0 Å². The van der Waals surface area contributed by atoms with Crippen LogP contribution in [0.15, 0.2) is 36.7 Å². The lowest BCUT2D eigenvalue weighted by molar-refractivity contribution is 0.0951. The average molecular weight is 307 g/mol. The molecule has 0 bridgehead atoms. The molecular formula is C15H19ClN4O. The Kier molecular flexibility index (Phi) is 5.22. The Bertz CT molecular complexity index is 598. The zero-order chi connectivity index (χ0) is 13.8. The quantitative estimate of drug-likeness (QED) is 0.909. The zero-order valence-electron chi connectivity index (χ0n) is 11.7. The molecule has 1 aromatic heterocycles. The summed E-state index contributed by atoms with van der Waals surface area (Å²) in [6, 6.07) is 7.74. The maximum Gasteiger partial charge on any atom is 0.251 e. The fourth-order valence-corrected chi connectivity index (χ4v) is 2.53. The van der Waals surface area contributed by atoms with Gasteiger partial charge in [-0.3, -0.25) is 9.48 Å². The highest BCUT2D eigenvalue weighted by molar-refractivity contribution is 5.97. The van der Waals surface area contributed by atoms with E-state index in [-0.39, 0.29) is 18.3 Å². The van der Waals surface area contributed by atoms with Crippen LogP contribution in [0.5, 0.6) is 0 Å². The standard InChI is InChI=1S/C15H18N4O.ClH/c20-15(17-9-11-19-10-3-8-18-19)13-4-1-6-14-12(13)5-2-7-16-14;/h1,3-4,6,8,10,16H,2,5,7,9,11H2,(H,17,20);1H. The first-order valence-corrected chi connectivity index (χ1v) is 6.96. The molecule has 0 atom stereocenters. The Morgan fingerprint density at radius 1 is 1.38 bits per heavy atom. The molecule has 0 spiro atoms. The predicted octanol–water partition coefficient (Wildman–Crippen LogP) is 2.09. The van der Waals surface area contributed by atoms with E-state index in [1.54, 1.807) is 6.20 Å². The first-order valence-electron chi connectivity index (χ1n) is 6.96. The molecule has 0 saturated carbocycles. The summed E-state index contributed by atoms with van der Waals surface area (Å²) in [5.41, 5.74) is 3.02. The van der Waals surface area contributed by atoms with Gasteiger partial charge in [0, 0.05) is 36.7 Å². The monoisotopic (exact) mass is 306 g/mol. The summed E-state index contributed by atoms with van der Waals surface area (Å²) in [6.07, 6.45) is 5.66. The number of carbonyl (C=O) groups excluding carboxylic acids is 1. The summed E-state index contributed by atoms with van der Waals surface area (Å²) in [5, 5.41) is 10.4. The number of nitrogens with zero attached hydrogens (tertiary/aromatic N) is 2. The van der Waals surface area contributed by atoms with Crippen LogP contribution in [0.3, 0.4) is 0 Å². The molecule has 2 heterocycles. The number of rotatable bonds is 4. The lowest BCUT2D eigenvalue weighted by Gasteiger charge is -2.20. The number of carbonyl (C=O) groups is 1. The number of nitrogens with one attached hydrogen (secondary N) is 2. The molecule has 6 heteroatoms. The fourth-order valence-electron chi connectivity index (χ4n) is 2.53. The van der Waals surface area contributed by atoms with Gasteiger partial charge in [0.25, 0.3) is 5.91 Å². The minimum absolute atomic E-state index is 0. The third-order valence-corrected chi connectivity index (χ3v) is 3.53. The lowest BCUT2D eigenvalue weighted by atomic mass is 9.97. The highest BCUT2D eigenvalue weighted by Gasteiger charge is 2.16. The van der Waals surface area contributed by atoms with E-state index in [1.807, 2.05) is 35.1 Å². The van der Waals surface area contributed by atoms with Crippen molar-refractivity contribution in [2.24, 2.45) is 0 Å². The van der Waals surface area contributed by atoms with Crippen LogP contribution in [0.1, 0.15) is 22.3 Å². The van der Waals surface area contributed by atoms with E-state index >= 15 is 0 Å². The summed E-state index contributed by atoms with van der Waals surface area (Å²) < 4.78 is 1.81. The molecule has 0 unspecified atom stereocenters. The molecule has 1 aliphatic heterocycles. The molecule has 0 aliphatic carbocycles. The number of fused-ring (bicyclic) bond motifs is 1. The second-order valence-electron chi connectivity index (χ2n) is 4.89. The highest BCUT2D eigenvalue weighted by Crippen LogP contribution is 2.25. The summed E-state index contributed by atoms with van der Waals surface area (Å²) in [6.45, 7) is 2.25. The normalized spacial score (nSPS) is 12.8. The number of benzene rings is 1. The summed E-state index contributed by atoms with van der Waals surface area (Å²) >= 11 is 0. The van der Waals surface area contributed by atoms with Crippen molar-refractivity contribution in [3.05, 3.63) is 47.8 Å². The van der Waals surface area contributed by atoms with Crippen molar-refractivity contribution in [1.29, 1.82) is 0 Å². The summed E-state index contributed by atoms with van der Waals surface area (Å²) in [7, 11) is 0. The Morgan fingerprint density at radius 2 is 2.29 bits per heavy atom. The van der Waals surface area contributed by atoms with Crippen molar-refractivity contribution >= 4 is 24.0 Å². The molecule has 21 heavy (non-hydrogen) atoms. The molecule has 2 aromatic rings. The van der Waals surface area contributed by atoms with E-state index in [0.29, 0.717) is 13.1 Å². The zero-order valence-corrected chi connectivity index (χ0v) is 12.5. The maximum atomic E-state index is 12.3. The van der Waals surface area contributed by atoms with Crippen molar-refractivity contribution in [2.75, 3.05) is 18.4 Å². The molecule has 5 nitrogen and oxygen atoms in total. The second kappa shape index (κ2) is 7.13. The number of anilines is 1. The third kappa shape index (κ3) is 3.55. The molecular weight excluding hydrogens is 288 g/mol. The average Bonchev–Trinajstić information content (AvgIpc) is 3.00. The van der Waals surface area contributed by atoms with Gasteiger partial charge in [-0.05, 0) is 36.6 Å². The Morgan fingerprint density at radius 3 is 3.10 bits per heavy atom. The number of hydrogen-bond donors (Lipinski definition) is 2.